The number of benzene rings is 3. The van der Waals surface area contributed by atoms with Gasteiger partial charge in [0.15, 0.2) is 11.5 Å². The molecule has 2 N–H and O–H groups in total. The zero-order valence-corrected chi connectivity index (χ0v) is 22.7. The molecule has 0 fully saturated rings. The van der Waals surface area contributed by atoms with E-state index in [9.17, 15) is 21.6 Å². The number of nitrogens with two attached hydrogens (primary N) is 1. The Morgan fingerprint density at radius 2 is 1.69 bits per heavy atom. The Morgan fingerprint density at radius 1 is 1.03 bits per heavy atom. The summed E-state index contributed by atoms with van der Waals surface area (Å²) in [6, 6.07) is 15.2. The van der Waals surface area contributed by atoms with Gasteiger partial charge in [-0.2, -0.15) is 18.3 Å². The fourth-order valence-electron chi connectivity index (χ4n) is 3.92. The topological polar surface area (TPSA) is 106 Å². The van der Waals surface area contributed by atoms with E-state index >= 15 is 0 Å². The third kappa shape index (κ3) is 5.62. The predicted octanol–water partition coefficient (Wildman–Crippen LogP) is 7.37. The summed E-state index contributed by atoms with van der Waals surface area (Å²) in [7, 11) is -4.23. The molecule has 0 aliphatic rings. The van der Waals surface area contributed by atoms with Gasteiger partial charge in [-0.05, 0) is 74.9 Å². The third-order valence-electron chi connectivity index (χ3n) is 5.85. The largest absolute Gasteiger partial charge is 0.416 e. The Balaban J connectivity index is 1.72. The Hall–Kier alpha value is -3.90. The molecular formula is C26H24ClF3N6O2S. The number of sulfonamides is 1. The highest BCUT2D eigenvalue weighted by atomic mass is 35.5. The van der Waals surface area contributed by atoms with E-state index in [1.54, 1.807) is 26.0 Å². The number of nitrogen functional groups attached to an aromatic ring is 1. The van der Waals surface area contributed by atoms with Crippen molar-refractivity contribution < 1.29 is 21.6 Å². The highest BCUT2D eigenvalue weighted by Crippen LogP contribution is 2.36. The van der Waals surface area contributed by atoms with Crippen LogP contribution in [0.3, 0.4) is 0 Å². The lowest BCUT2D eigenvalue weighted by Gasteiger charge is -2.24. The molecule has 0 unspecified atom stereocenters. The van der Waals surface area contributed by atoms with Crippen LogP contribution in [0.5, 0.6) is 0 Å². The summed E-state index contributed by atoms with van der Waals surface area (Å²) in [5.41, 5.74) is 7.69. The molecule has 0 saturated carbocycles. The summed E-state index contributed by atoms with van der Waals surface area (Å²) < 4.78 is 68.7. The first-order valence-corrected chi connectivity index (χ1v) is 13.5. The number of rotatable bonds is 7. The monoisotopic (exact) mass is 576 g/mol. The lowest BCUT2D eigenvalue weighted by Crippen LogP contribution is -2.30. The fraction of sp³-hybridized carbons (Fsp3) is 0.192. The molecule has 13 heteroatoms. The molecular weight excluding hydrogens is 553 g/mol. The molecule has 1 aromatic heterocycles. The van der Waals surface area contributed by atoms with E-state index in [0.29, 0.717) is 16.4 Å². The van der Waals surface area contributed by atoms with Gasteiger partial charge in [-0.15, -0.1) is 10.2 Å². The van der Waals surface area contributed by atoms with Gasteiger partial charge in [0.2, 0.25) is 0 Å². The van der Waals surface area contributed by atoms with Gasteiger partial charge in [-0.1, -0.05) is 29.8 Å². The Labute approximate surface area is 228 Å². The second kappa shape index (κ2) is 10.7. The number of hydrogen-bond acceptors (Lipinski definition) is 6. The third-order valence-corrected chi connectivity index (χ3v) is 8.12. The van der Waals surface area contributed by atoms with Crippen molar-refractivity contribution in [3.63, 3.8) is 0 Å². The second-order valence-electron chi connectivity index (χ2n) is 8.57. The number of alkyl halides is 3. The standard InChI is InChI=1S/C26H24ClF3N6O2S/c1-4-35(19-12-10-18(11-13-19)26(28,29)30)39(37,38)23-8-6-5-7-21(23)32-33-24-17(3)34-36(25(24)31)22-15-16(2)9-14-20(22)27/h5-15H,4,31H2,1-3H3. The van der Waals surface area contributed by atoms with E-state index in [1.807, 2.05) is 19.1 Å². The zero-order chi connectivity index (χ0) is 28.5. The van der Waals surface area contributed by atoms with Crippen LogP contribution >= 0.6 is 11.6 Å². The van der Waals surface area contributed by atoms with Gasteiger partial charge in [-0.25, -0.2) is 13.1 Å². The molecule has 1 heterocycles. The van der Waals surface area contributed by atoms with Gasteiger partial charge in [0.25, 0.3) is 10.0 Å². The van der Waals surface area contributed by atoms with Crippen LogP contribution in [-0.2, 0) is 16.2 Å². The van der Waals surface area contributed by atoms with E-state index < -0.39 is 21.8 Å². The minimum atomic E-state index is -4.54. The lowest BCUT2D eigenvalue weighted by molar-refractivity contribution is -0.137. The number of nitrogens with zero attached hydrogens (tertiary/aromatic N) is 5. The first-order chi connectivity index (χ1) is 18.3. The molecule has 0 saturated heterocycles. The minimum absolute atomic E-state index is 0.0167. The summed E-state index contributed by atoms with van der Waals surface area (Å²) in [5, 5.41) is 13.2. The van der Waals surface area contributed by atoms with Gasteiger partial charge in [-0.3, -0.25) is 4.31 Å². The summed E-state index contributed by atoms with van der Waals surface area (Å²) >= 11 is 6.34. The van der Waals surface area contributed by atoms with Crippen molar-refractivity contribution in [2.75, 3.05) is 16.6 Å². The molecule has 0 spiro atoms. The molecule has 8 nitrogen and oxygen atoms in total. The highest BCUT2D eigenvalue weighted by molar-refractivity contribution is 7.93. The van der Waals surface area contributed by atoms with Crippen LogP contribution < -0.4 is 10.0 Å². The van der Waals surface area contributed by atoms with Gasteiger partial charge >= 0.3 is 6.18 Å². The molecule has 0 aliphatic carbocycles. The molecule has 4 aromatic rings. The van der Waals surface area contributed by atoms with Crippen LogP contribution in [0.1, 0.15) is 23.7 Å². The average Bonchev–Trinajstić information content (AvgIpc) is 3.17. The molecule has 3 aromatic carbocycles. The van der Waals surface area contributed by atoms with Crippen molar-refractivity contribution in [1.82, 2.24) is 9.78 Å². The van der Waals surface area contributed by atoms with Crippen LogP contribution in [-0.4, -0.2) is 24.7 Å². The highest BCUT2D eigenvalue weighted by Gasteiger charge is 2.31. The summed E-state index contributed by atoms with van der Waals surface area (Å²) in [6.45, 7) is 5.12. The van der Waals surface area contributed by atoms with E-state index in [-0.39, 0.29) is 34.3 Å². The van der Waals surface area contributed by atoms with E-state index in [2.05, 4.69) is 15.3 Å². The number of halogens is 4. The van der Waals surface area contributed by atoms with Crippen LogP contribution in [0.25, 0.3) is 5.69 Å². The summed E-state index contributed by atoms with van der Waals surface area (Å²) in [5.74, 6) is 0.157. The molecule has 0 bridgehead atoms. The number of aryl methyl sites for hydroxylation is 2. The first-order valence-electron chi connectivity index (χ1n) is 11.7. The molecule has 0 aliphatic heterocycles. The number of azo groups is 1. The average molecular weight is 577 g/mol. The Bertz CT molecular complexity index is 1650. The summed E-state index contributed by atoms with van der Waals surface area (Å²) in [4.78, 5) is -0.180. The van der Waals surface area contributed by atoms with E-state index in [1.165, 1.54) is 22.9 Å². The van der Waals surface area contributed by atoms with Crippen molar-refractivity contribution >= 4 is 44.5 Å². The molecule has 0 amide bonds. The maximum Gasteiger partial charge on any atom is 0.416 e. The maximum absolute atomic E-state index is 13.6. The van der Waals surface area contributed by atoms with Crippen LogP contribution in [0.4, 0.5) is 36.1 Å². The molecule has 0 radical (unpaired) electrons. The lowest BCUT2D eigenvalue weighted by atomic mass is 10.2. The van der Waals surface area contributed by atoms with Gasteiger partial charge in [0, 0.05) is 6.54 Å². The first kappa shape index (κ1) is 28.1. The zero-order valence-electron chi connectivity index (χ0n) is 21.1. The SMILES string of the molecule is CCN(c1ccc(C(F)(F)F)cc1)S(=O)(=O)c1ccccc1N=Nc1c(C)nn(-c2cc(C)ccc2Cl)c1N. The van der Waals surface area contributed by atoms with Crippen molar-refractivity contribution in [1.29, 1.82) is 0 Å². The maximum atomic E-state index is 13.6. The van der Waals surface area contributed by atoms with Crippen molar-refractivity contribution in [3.05, 3.63) is 88.6 Å². The quantitative estimate of drug-likeness (QED) is 0.232. The molecule has 4 rings (SSSR count). The predicted molar refractivity (Wildman–Crippen MR) is 145 cm³/mol. The molecule has 39 heavy (non-hydrogen) atoms. The van der Waals surface area contributed by atoms with Gasteiger partial charge in [0.05, 0.1) is 27.7 Å². The van der Waals surface area contributed by atoms with Crippen LogP contribution in [0.2, 0.25) is 5.02 Å². The second-order valence-corrected chi connectivity index (χ2v) is 10.8. The number of hydrogen-bond donors (Lipinski definition) is 1. The Morgan fingerprint density at radius 3 is 2.33 bits per heavy atom. The van der Waals surface area contributed by atoms with Crippen molar-refractivity contribution in [3.8, 4) is 5.69 Å². The Kier molecular flexibility index (Phi) is 7.71. The molecule has 0 atom stereocenters. The minimum Gasteiger partial charge on any atom is -0.382 e. The molecule has 204 valence electrons. The fourth-order valence-corrected chi connectivity index (χ4v) is 5.72. The number of anilines is 2. The summed E-state index contributed by atoms with van der Waals surface area (Å²) in [6.07, 6.45) is -4.54. The van der Waals surface area contributed by atoms with Crippen molar-refractivity contribution in [2.24, 2.45) is 10.2 Å². The van der Waals surface area contributed by atoms with Crippen LogP contribution in [0, 0.1) is 13.8 Å². The van der Waals surface area contributed by atoms with Gasteiger partial charge < -0.3 is 5.73 Å². The van der Waals surface area contributed by atoms with Crippen LogP contribution in [0.15, 0.2) is 81.9 Å². The smallest absolute Gasteiger partial charge is 0.382 e. The van der Waals surface area contributed by atoms with Gasteiger partial charge in [0.1, 0.15) is 10.6 Å². The van der Waals surface area contributed by atoms with E-state index in [4.69, 9.17) is 17.3 Å². The normalized spacial score (nSPS) is 12.3. The van der Waals surface area contributed by atoms with E-state index in [0.717, 1.165) is 34.1 Å². The number of aromatic nitrogens is 2. The van der Waals surface area contributed by atoms with Crippen molar-refractivity contribution in [2.45, 2.75) is 31.8 Å².